The van der Waals surface area contributed by atoms with Gasteiger partial charge in [-0.25, -0.2) is 0 Å². The van der Waals surface area contributed by atoms with Crippen LogP contribution in [0.2, 0.25) is 0 Å². The molecule has 100 valence electrons. The average Bonchev–Trinajstić information content (AvgIpc) is 2.98. The topological polar surface area (TPSA) is 60.1 Å². The third-order valence-electron chi connectivity index (χ3n) is 4.03. The molecule has 3 aliphatic rings. The van der Waals surface area contributed by atoms with Crippen LogP contribution in [0.5, 0.6) is 11.5 Å². The molecule has 0 spiro atoms. The van der Waals surface area contributed by atoms with Gasteiger partial charge in [-0.15, -0.1) is 0 Å². The molecule has 1 unspecified atom stereocenters. The van der Waals surface area contributed by atoms with Crippen LogP contribution in [0.15, 0.2) is 23.2 Å². The molecule has 2 heterocycles. The van der Waals surface area contributed by atoms with Gasteiger partial charge in [-0.1, -0.05) is 6.07 Å². The van der Waals surface area contributed by atoms with Crippen LogP contribution in [0.4, 0.5) is 0 Å². The van der Waals surface area contributed by atoms with Crippen molar-refractivity contribution in [3.05, 3.63) is 23.8 Å². The fourth-order valence-electron chi connectivity index (χ4n) is 2.73. The van der Waals surface area contributed by atoms with Crippen molar-refractivity contribution in [1.82, 2.24) is 4.90 Å². The summed E-state index contributed by atoms with van der Waals surface area (Å²) in [5, 5.41) is 0. The minimum atomic E-state index is 0.245. The molecule has 4 rings (SSSR count). The molecule has 0 bridgehead atoms. The molecule has 0 radical (unpaired) electrons. The van der Waals surface area contributed by atoms with E-state index in [0.29, 0.717) is 12.8 Å². The van der Waals surface area contributed by atoms with E-state index in [9.17, 15) is 0 Å². The van der Waals surface area contributed by atoms with Gasteiger partial charge >= 0.3 is 0 Å². The summed E-state index contributed by atoms with van der Waals surface area (Å²) in [6.07, 6.45) is 2.63. The van der Waals surface area contributed by atoms with Gasteiger partial charge in [0.25, 0.3) is 0 Å². The van der Waals surface area contributed by atoms with Crippen molar-refractivity contribution in [2.75, 3.05) is 19.9 Å². The number of fused-ring (bicyclic) bond motifs is 1. The van der Waals surface area contributed by atoms with Gasteiger partial charge in [-0.2, -0.15) is 0 Å². The van der Waals surface area contributed by atoms with Crippen LogP contribution >= 0.6 is 0 Å². The van der Waals surface area contributed by atoms with Crippen molar-refractivity contribution >= 4 is 5.96 Å². The maximum atomic E-state index is 6.02. The molecule has 1 atom stereocenters. The minimum Gasteiger partial charge on any atom is -0.454 e. The molecule has 1 saturated carbocycles. The summed E-state index contributed by atoms with van der Waals surface area (Å²) in [5.41, 5.74) is 7.22. The number of guanidine groups is 1. The van der Waals surface area contributed by atoms with Gasteiger partial charge in [0.2, 0.25) is 6.79 Å². The zero-order valence-electron chi connectivity index (χ0n) is 10.7. The number of nitrogens with zero attached hydrogens (tertiary/aromatic N) is 2. The summed E-state index contributed by atoms with van der Waals surface area (Å²) in [6.45, 7) is 2.07. The van der Waals surface area contributed by atoms with E-state index in [4.69, 9.17) is 15.2 Å². The molecular weight excluding hydrogens is 242 g/mol. The van der Waals surface area contributed by atoms with Crippen molar-refractivity contribution in [3.63, 3.8) is 0 Å². The highest BCUT2D eigenvalue weighted by Crippen LogP contribution is 2.38. The summed E-state index contributed by atoms with van der Waals surface area (Å²) < 4.78 is 10.8. The molecular formula is C14H17N3O2. The molecule has 19 heavy (non-hydrogen) atoms. The highest BCUT2D eigenvalue weighted by atomic mass is 16.7. The lowest BCUT2D eigenvalue weighted by atomic mass is 10.1. The van der Waals surface area contributed by atoms with E-state index < -0.39 is 0 Å². The van der Waals surface area contributed by atoms with Crippen LogP contribution in [0.1, 0.15) is 24.4 Å². The second kappa shape index (κ2) is 4.05. The van der Waals surface area contributed by atoms with E-state index in [-0.39, 0.29) is 6.04 Å². The predicted octanol–water partition coefficient (Wildman–Crippen LogP) is 1.50. The molecule has 5 heteroatoms. The fraction of sp³-hybridized carbons (Fsp3) is 0.500. The number of hydrogen-bond donors (Lipinski definition) is 1. The third kappa shape index (κ3) is 1.89. The lowest BCUT2D eigenvalue weighted by molar-refractivity contribution is 0.174. The Morgan fingerprint density at radius 1 is 1.26 bits per heavy atom. The summed E-state index contributed by atoms with van der Waals surface area (Å²) >= 11 is 0. The molecule has 1 aromatic rings. The summed E-state index contributed by atoms with van der Waals surface area (Å²) in [5.74, 6) is 3.12. The Kier molecular flexibility index (Phi) is 2.33. The molecule has 1 fully saturated rings. The van der Waals surface area contributed by atoms with Crippen LogP contribution in [-0.2, 0) is 0 Å². The zero-order chi connectivity index (χ0) is 12.8. The van der Waals surface area contributed by atoms with Crippen LogP contribution in [0.25, 0.3) is 0 Å². The summed E-state index contributed by atoms with van der Waals surface area (Å²) in [4.78, 5) is 6.63. The molecule has 1 aliphatic carbocycles. The van der Waals surface area contributed by atoms with Crippen molar-refractivity contribution in [1.29, 1.82) is 0 Å². The molecule has 0 saturated heterocycles. The Labute approximate surface area is 112 Å². The van der Waals surface area contributed by atoms with Crippen LogP contribution in [0.3, 0.4) is 0 Å². The third-order valence-corrected chi connectivity index (χ3v) is 4.03. The number of aliphatic imine (C=N–C) groups is 1. The number of hydrogen-bond acceptors (Lipinski definition) is 5. The Morgan fingerprint density at radius 2 is 2.11 bits per heavy atom. The normalized spacial score (nSPS) is 24.7. The van der Waals surface area contributed by atoms with Crippen LogP contribution in [0, 0.1) is 5.92 Å². The maximum absolute atomic E-state index is 6.02. The predicted molar refractivity (Wildman–Crippen MR) is 71.2 cm³/mol. The summed E-state index contributed by atoms with van der Waals surface area (Å²) in [6, 6.07) is 6.37. The first kappa shape index (κ1) is 11.0. The van der Waals surface area contributed by atoms with E-state index >= 15 is 0 Å². The first-order chi connectivity index (χ1) is 9.31. The lowest BCUT2D eigenvalue weighted by Gasteiger charge is -2.26. The molecule has 5 nitrogen and oxygen atoms in total. The van der Waals surface area contributed by atoms with Crippen molar-refractivity contribution < 1.29 is 9.47 Å². The van der Waals surface area contributed by atoms with Gasteiger partial charge in [0.05, 0.1) is 12.6 Å². The quantitative estimate of drug-likeness (QED) is 0.893. The molecule has 1 aromatic carbocycles. The van der Waals surface area contributed by atoms with Gasteiger partial charge in [-0.05, 0) is 36.5 Å². The van der Waals surface area contributed by atoms with Gasteiger partial charge in [0.1, 0.15) is 0 Å². The maximum Gasteiger partial charge on any atom is 0.231 e. The van der Waals surface area contributed by atoms with E-state index in [1.807, 2.05) is 6.07 Å². The zero-order valence-corrected chi connectivity index (χ0v) is 10.7. The van der Waals surface area contributed by atoms with E-state index in [1.165, 1.54) is 18.4 Å². The highest BCUT2D eigenvalue weighted by Gasteiger charge is 2.33. The van der Waals surface area contributed by atoms with E-state index in [2.05, 4.69) is 22.0 Å². The van der Waals surface area contributed by atoms with Crippen LogP contribution in [-0.4, -0.2) is 30.7 Å². The molecule has 2 aliphatic heterocycles. The number of rotatable bonds is 3. The largest absolute Gasteiger partial charge is 0.454 e. The smallest absolute Gasteiger partial charge is 0.231 e. The molecule has 0 aromatic heterocycles. The number of benzene rings is 1. The second-order valence-corrected chi connectivity index (χ2v) is 5.42. The Hall–Kier alpha value is -1.91. The molecule has 0 amide bonds. The lowest BCUT2D eigenvalue weighted by Crippen LogP contribution is -2.37. The Bertz CT molecular complexity index is 539. The first-order valence-electron chi connectivity index (χ1n) is 6.77. The number of ether oxygens (including phenoxy) is 2. The Balaban J connectivity index is 1.60. The number of nitrogens with two attached hydrogens (primary N) is 1. The Morgan fingerprint density at radius 3 is 2.95 bits per heavy atom. The van der Waals surface area contributed by atoms with Crippen molar-refractivity contribution in [3.8, 4) is 11.5 Å². The second-order valence-electron chi connectivity index (χ2n) is 5.42. The van der Waals surface area contributed by atoms with Crippen LogP contribution < -0.4 is 15.2 Å². The first-order valence-corrected chi connectivity index (χ1v) is 6.77. The van der Waals surface area contributed by atoms with E-state index in [1.54, 1.807) is 0 Å². The van der Waals surface area contributed by atoms with E-state index in [0.717, 1.165) is 30.5 Å². The van der Waals surface area contributed by atoms with Crippen molar-refractivity contribution in [2.45, 2.75) is 18.9 Å². The highest BCUT2D eigenvalue weighted by molar-refractivity contribution is 5.80. The van der Waals surface area contributed by atoms with Gasteiger partial charge < -0.3 is 20.1 Å². The standard InChI is InChI=1S/C14H17N3O2/c15-14-16-6-11(17(14)7-9-1-2-9)10-3-4-12-13(5-10)19-8-18-12/h3-5,9,11H,1-2,6-8H2,(H2,15,16). The monoisotopic (exact) mass is 259 g/mol. The molecule has 2 N–H and O–H groups in total. The SMILES string of the molecule is NC1=NCC(c2ccc3c(c2)OCO3)N1CC1CC1. The van der Waals surface area contributed by atoms with Crippen molar-refractivity contribution in [2.24, 2.45) is 16.6 Å². The minimum absolute atomic E-state index is 0.245. The fourth-order valence-corrected chi connectivity index (χ4v) is 2.73. The van der Waals surface area contributed by atoms with Gasteiger partial charge in [0.15, 0.2) is 17.5 Å². The average molecular weight is 259 g/mol. The van der Waals surface area contributed by atoms with Gasteiger partial charge in [0, 0.05) is 6.54 Å². The summed E-state index contributed by atoms with van der Waals surface area (Å²) in [7, 11) is 0. The van der Waals surface area contributed by atoms with Gasteiger partial charge in [-0.3, -0.25) is 4.99 Å².